The Hall–Kier alpha value is -1.64. The van der Waals surface area contributed by atoms with E-state index in [2.05, 4.69) is 0 Å². The van der Waals surface area contributed by atoms with Crippen LogP contribution in [0.5, 0.6) is 0 Å². The van der Waals surface area contributed by atoms with Crippen LogP contribution in [0.15, 0.2) is 30.3 Å². The van der Waals surface area contributed by atoms with E-state index in [1.807, 2.05) is 32.0 Å². The Labute approximate surface area is 101 Å². The number of benzene rings is 1. The quantitative estimate of drug-likeness (QED) is 0.594. The smallest absolute Gasteiger partial charge is 0.306 e. The van der Waals surface area contributed by atoms with Gasteiger partial charge in [0.25, 0.3) is 0 Å². The second-order valence-corrected chi connectivity index (χ2v) is 4.97. The summed E-state index contributed by atoms with van der Waals surface area (Å²) >= 11 is 0. The lowest BCUT2D eigenvalue weighted by Gasteiger charge is -2.24. The van der Waals surface area contributed by atoms with Gasteiger partial charge in [0.05, 0.1) is 6.42 Å². The summed E-state index contributed by atoms with van der Waals surface area (Å²) in [6.45, 7) is 3.72. The highest BCUT2D eigenvalue weighted by molar-refractivity contribution is 5.96. The molecule has 90 valence electrons. The van der Waals surface area contributed by atoms with E-state index < -0.39 is 5.60 Å². The Kier molecular flexibility index (Phi) is 3.01. The van der Waals surface area contributed by atoms with Crippen LogP contribution in [-0.4, -0.2) is 17.4 Å². The molecule has 0 saturated carbocycles. The lowest BCUT2D eigenvalue weighted by Crippen LogP contribution is -2.29. The second-order valence-electron chi connectivity index (χ2n) is 4.97. The zero-order valence-corrected chi connectivity index (χ0v) is 10.1. The monoisotopic (exact) mass is 232 g/mol. The number of carbonyl (C=O) groups is 2. The van der Waals surface area contributed by atoms with Crippen molar-refractivity contribution in [3.63, 3.8) is 0 Å². The fourth-order valence-electron chi connectivity index (χ4n) is 2.15. The molecule has 1 aromatic rings. The molecule has 1 aliphatic heterocycles. The third-order valence-corrected chi connectivity index (χ3v) is 3.30. The SMILES string of the molecule is CC1(C)OC(=O)CC1CC(=O)c1ccccc1. The molecule has 3 heteroatoms. The van der Waals surface area contributed by atoms with E-state index in [0.717, 1.165) is 0 Å². The molecule has 1 aromatic carbocycles. The maximum Gasteiger partial charge on any atom is 0.306 e. The number of ether oxygens (including phenoxy) is 1. The molecule has 1 fully saturated rings. The van der Waals surface area contributed by atoms with Gasteiger partial charge in [-0.1, -0.05) is 30.3 Å². The predicted molar refractivity (Wildman–Crippen MR) is 63.7 cm³/mol. The molecule has 0 amide bonds. The molecular formula is C14H16O3. The van der Waals surface area contributed by atoms with Crippen molar-refractivity contribution >= 4 is 11.8 Å². The van der Waals surface area contributed by atoms with Crippen molar-refractivity contribution < 1.29 is 14.3 Å². The van der Waals surface area contributed by atoms with Crippen molar-refractivity contribution in [1.82, 2.24) is 0 Å². The average molecular weight is 232 g/mol. The maximum absolute atomic E-state index is 12.0. The van der Waals surface area contributed by atoms with Crippen molar-refractivity contribution in [2.75, 3.05) is 0 Å². The van der Waals surface area contributed by atoms with E-state index in [4.69, 9.17) is 4.74 Å². The highest BCUT2D eigenvalue weighted by atomic mass is 16.6. The molecule has 1 saturated heterocycles. The molecule has 0 spiro atoms. The van der Waals surface area contributed by atoms with Crippen LogP contribution in [0.25, 0.3) is 0 Å². The van der Waals surface area contributed by atoms with Crippen molar-refractivity contribution in [2.45, 2.75) is 32.3 Å². The molecule has 1 heterocycles. The molecule has 1 aliphatic rings. The number of rotatable bonds is 3. The molecule has 0 N–H and O–H groups in total. The van der Waals surface area contributed by atoms with Crippen LogP contribution >= 0.6 is 0 Å². The van der Waals surface area contributed by atoms with Gasteiger partial charge in [-0.25, -0.2) is 0 Å². The van der Waals surface area contributed by atoms with Crippen LogP contribution in [0.4, 0.5) is 0 Å². The van der Waals surface area contributed by atoms with Crippen LogP contribution in [0.1, 0.15) is 37.0 Å². The van der Waals surface area contributed by atoms with Crippen LogP contribution in [0.3, 0.4) is 0 Å². The normalized spacial score (nSPS) is 22.2. The molecule has 17 heavy (non-hydrogen) atoms. The molecule has 2 rings (SSSR count). The number of ketones is 1. The molecular weight excluding hydrogens is 216 g/mol. The van der Waals surface area contributed by atoms with Gasteiger partial charge in [0.15, 0.2) is 5.78 Å². The minimum absolute atomic E-state index is 0.0253. The lowest BCUT2D eigenvalue weighted by molar-refractivity contribution is -0.146. The molecule has 1 unspecified atom stereocenters. The highest BCUT2D eigenvalue weighted by Crippen LogP contribution is 2.35. The third-order valence-electron chi connectivity index (χ3n) is 3.30. The van der Waals surface area contributed by atoms with Gasteiger partial charge in [0.1, 0.15) is 5.60 Å². The van der Waals surface area contributed by atoms with Gasteiger partial charge < -0.3 is 4.74 Å². The number of esters is 1. The Morgan fingerprint density at radius 3 is 2.53 bits per heavy atom. The van der Waals surface area contributed by atoms with E-state index in [1.165, 1.54) is 0 Å². The fourth-order valence-corrected chi connectivity index (χ4v) is 2.15. The predicted octanol–water partition coefficient (Wildman–Crippen LogP) is 2.60. The Morgan fingerprint density at radius 2 is 2.00 bits per heavy atom. The Bertz CT molecular complexity index is 434. The van der Waals surface area contributed by atoms with Gasteiger partial charge in [-0.3, -0.25) is 9.59 Å². The molecule has 1 atom stereocenters. The number of cyclic esters (lactones) is 1. The summed E-state index contributed by atoms with van der Waals surface area (Å²) in [5.74, 6) is -0.162. The van der Waals surface area contributed by atoms with Crippen molar-refractivity contribution in [3.05, 3.63) is 35.9 Å². The number of hydrogen-bond donors (Lipinski definition) is 0. The largest absolute Gasteiger partial charge is 0.459 e. The van der Waals surface area contributed by atoms with Gasteiger partial charge in [-0.2, -0.15) is 0 Å². The van der Waals surface area contributed by atoms with E-state index >= 15 is 0 Å². The summed E-state index contributed by atoms with van der Waals surface area (Å²) in [4.78, 5) is 23.3. The number of hydrogen-bond acceptors (Lipinski definition) is 3. The minimum Gasteiger partial charge on any atom is -0.459 e. The highest BCUT2D eigenvalue weighted by Gasteiger charge is 2.42. The second kappa shape index (κ2) is 4.32. The van der Waals surface area contributed by atoms with Gasteiger partial charge in [-0.05, 0) is 13.8 Å². The first kappa shape index (κ1) is 11.8. The Morgan fingerprint density at radius 1 is 1.35 bits per heavy atom. The molecule has 0 aromatic heterocycles. The molecule has 0 aliphatic carbocycles. The van der Waals surface area contributed by atoms with Gasteiger partial charge >= 0.3 is 5.97 Å². The summed E-state index contributed by atoms with van der Waals surface area (Å²) < 4.78 is 5.21. The van der Waals surface area contributed by atoms with Crippen LogP contribution in [0, 0.1) is 5.92 Å². The first-order chi connectivity index (χ1) is 7.99. The molecule has 0 bridgehead atoms. The van der Waals surface area contributed by atoms with E-state index in [9.17, 15) is 9.59 Å². The van der Waals surface area contributed by atoms with Crippen molar-refractivity contribution in [3.8, 4) is 0 Å². The zero-order valence-electron chi connectivity index (χ0n) is 10.1. The van der Waals surface area contributed by atoms with Crippen LogP contribution < -0.4 is 0 Å². The van der Waals surface area contributed by atoms with E-state index in [-0.39, 0.29) is 17.7 Å². The summed E-state index contributed by atoms with van der Waals surface area (Å²) in [5.41, 5.74) is 0.171. The first-order valence-electron chi connectivity index (χ1n) is 5.79. The molecule has 3 nitrogen and oxygen atoms in total. The van der Waals surface area contributed by atoms with Crippen molar-refractivity contribution in [1.29, 1.82) is 0 Å². The first-order valence-corrected chi connectivity index (χ1v) is 5.79. The molecule has 0 radical (unpaired) electrons. The minimum atomic E-state index is -0.526. The number of Topliss-reactive ketones (excluding diaryl/α,β-unsaturated/α-hetero) is 1. The maximum atomic E-state index is 12.0. The number of carbonyl (C=O) groups excluding carboxylic acids is 2. The lowest BCUT2D eigenvalue weighted by atomic mass is 9.85. The van der Waals surface area contributed by atoms with Gasteiger partial charge in [-0.15, -0.1) is 0 Å². The van der Waals surface area contributed by atoms with E-state index in [1.54, 1.807) is 12.1 Å². The summed E-state index contributed by atoms with van der Waals surface area (Å²) in [6, 6.07) is 9.16. The zero-order chi connectivity index (χ0) is 12.5. The van der Waals surface area contributed by atoms with Crippen LogP contribution in [0.2, 0.25) is 0 Å². The Balaban J connectivity index is 2.07. The topological polar surface area (TPSA) is 43.4 Å². The fraction of sp³-hybridized carbons (Fsp3) is 0.429. The summed E-state index contributed by atoms with van der Waals surface area (Å²) in [6.07, 6.45) is 0.703. The van der Waals surface area contributed by atoms with E-state index in [0.29, 0.717) is 18.4 Å². The van der Waals surface area contributed by atoms with Gasteiger partial charge in [0.2, 0.25) is 0 Å². The third kappa shape index (κ3) is 2.54. The summed E-state index contributed by atoms with van der Waals surface area (Å²) in [7, 11) is 0. The van der Waals surface area contributed by atoms with Crippen molar-refractivity contribution in [2.24, 2.45) is 5.92 Å². The van der Waals surface area contributed by atoms with Crippen LogP contribution in [-0.2, 0) is 9.53 Å². The average Bonchev–Trinajstić information content (AvgIpc) is 2.53. The van der Waals surface area contributed by atoms with Gasteiger partial charge in [0, 0.05) is 17.9 Å². The standard InChI is InChI=1S/C14H16O3/c1-14(2)11(9-13(16)17-14)8-12(15)10-6-4-3-5-7-10/h3-7,11H,8-9H2,1-2H3. The summed E-state index contributed by atoms with van der Waals surface area (Å²) in [5, 5.41) is 0.